The van der Waals surface area contributed by atoms with Crippen molar-refractivity contribution in [1.29, 1.82) is 0 Å². The van der Waals surface area contributed by atoms with Crippen LogP contribution in [0.25, 0.3) is 0 Å². The minimum absolute atomic E-state index is 0. The quantitative estimate of drug-likeness (QED) is 0.682. The molecule has 1 aromatic heterocycles. The maximum Gasteiger partial charge on any atom is 0.123 e. The lowest BCUT2D eigenvalue weighted by Crippen LogP contribution is -2.45. The van der Waals surface area contributed by atoms with E-state index in [0.29, 0.717) is 6.04 Å². The van der Waals surface area contributed by atoms with Gasteiger partial charge in [-0.3, -0.25) is 4.90 Å². The molecule has 1 aliphatic rings. The number of nitrogens with one attached hydrogen (secondary N) is 1. The van der Waals surface area contributed by atoms with Crippen molar-refractivity contribution < 1.29 is 0 Å². The number of nitrogens with zero attached hydrogens (tertiary/aromatic N) is 3. The number of aromatic nitrogens is 2. The summed E-state index contributed by atoms with van der Waals surface area (Å²) in [5.41, 5.74) is 4.09. The van der Waals surface area contributed by atoms with E-state index in [-0.39, 0.29) is 12.4 Å². The van der Waals surface area contributed by atoms with Gasteiger partial charge in [0, 0.05) is 44.6 Å². The van der Waals surface area contributed by atoms with Crippen LogP contribution in [0.2, 0.25) is 0 Å². The Kier molecular flexibility index (Phi) is 7.26. The number of aryl methyl sites for hydroxylation is 1. The molecule has 1 fully saturated rings. The van der Waals surface area contributed by atoms with Crippen LogP contribution < -0.4 is 5.32 Å². The molecule has 2 aromatic carbocycles. The SMILES string of the molecule is CCc1ccc(C2CNCCN2Cc2nccn2Cc2ccccc2)cc1.Cl. The first-order valence-electron chi connectivity index (χ1n) is 9.91. The lowest BCUT2D eigenvalue weighted by atomic mass is 10.0. The van der Waals surface area contributed by atoms with Gasteiger partial charge in [0.15, 0.2) is 0 Å². The van der Waals surface area contributed by atoms with Crippen LogP contribution in [0.4, 0.5) is 0 Å². The summed E-state index contributed by atoms with van der Waals surface area (Å²) < 4.78 is 2.27. The summed E-state index contributed by atoms with van der Waals surface area (Å²) in [7, 11) is 0. The van der Waals surface area contributed by atoms with Crippen LogP contribution in [0.15, 0.2) is 67.0 Å². The molecule has 0 aliphatic carbocycles. The fourth-order valence-electron chi connectivity index (χ4n) is 3.84. The van der Waals surface area contributed by atoms with Gasteiger partial charge < -0.3 is 9.88 Å². The fraction of sp³-hybridized carbons (Fsp3) is 0.348. The Hall–Kier alpha value is -2.14. The third kappa shape index (κ3) is 4.82. The molecule has 1 atom stereocenters. The Labute approximate surface area is 174 Å². The minimum atomic E-state index is 0. The number of piperazine rings is 1. The van der Waals surface area contributed by atoms with Crippen LogP contribution in [-0.4, -0.2) is 34.1 Å². The summed E-state index contributed by atoms with van der Waals surface area (Å²) in [6.07, 6.45) is 5.10. The van der Waals surface area contributed by atoms with Gasteiger partial charge in [-0.1, -0.05) is 61.5 Å². The molecule has 1 aliphatic heterocycles. The Morgan fingerprint density at radius 2 is 1.79 bits per heavy atom. The summed E-state index contributed by atoms with van der Waals surface area (Å²) in [5, 5.41) is 3.56. The van der Waals surface area contributed by atoms with Crippen molar-refractivity contribution in [2.45, 2.75) is 32.5 Å². The molecule has 0 saturated carbocycles. The van der Waals surface area contributed by atoms with Gasteiger partial charge in [-0.2, -0.15) is 0 Å². The summed E-state index contributed by atoms with van der Waals surface area (Å²) in [6, 6.07) is 20.1. The molecule has 3 aromatic rings. The molecule has 2 heterocycles. The molecule has 5 heteroatoms. The van der Waals surface area contributed by atoms with Gasteiger partial charge in [0.05, 0.1) is 6.54 Å². The maximum atomic E-state index is 4.66. The zero-order chi connectivity index (χ0) is 18.5. The number of imidazole rings is 1. The van der Waals surface area contributed by atoms with Gasteiger partial charge in [0.2, 0.25) is 0 Å². The molecule has 4 rings (SSSR count). The van der Waals surface area contributed by atoms with Crippen molar-refractivity contribution in [3.63, 3.8) is 0 Å². The Balaban J connectivity index is 0.00000225. The molecule has 0 spiro atoms. The zero-order valence-electron chi connectivity index (χ0n) is 16.4. The van der Waals surface area contributed by atoms with E-state index in [1.165, 1.54) is 16.7 Å². The zero-order valence-corrected chi connectivity index (χ0v) is 17.2. The Morgan fingerprint density at radius 1 is 1.00 bits per heavy atom. The first-order chi connectivity index (χ1) is 13.3. The number of hydrogen-bond donors (Lipinski definition) is 1. The summed E-state index contributed by atoms with van der Waals surface area (Å²) >= 11 is 0. The topological polar surface area (TPSA) is 33.1 Å². The van der Waals surface area contributed by atoms with Crippen LogP contribution >= 0.6 is 12.4 Å². The normalized spacial score (nSPS) is 17.2. The first-order valence-corrected chi connectivity index (χ1v) is 9.91. The van der Waals surface area contributed by atoms with Gasteiger partial charge in [0.25, 0.3) is 0 Å². The van der Waals surface area contributed by atoms with Gasteiger partial charge in [-0.25, -0.2) is 4.98 Å². The molecule has 1 saturated heterocycles. The summed E-state index contributed by atoms with van der Waals surface area (Å²) in [6.45, 7) is 7.02. The van der Waals surface area contributed by atoms with E-state index >= 15 is 0 Å². The number of halogens is 1. The van der Waals surface area contributed by atoms with E-state index in [1.54, 1.807) is 0 Å². The second-order valence-electron chi connectivity index (χ2n) is 7.24. The largest absolute Gasteiger partial charge is 0.329 e. The fourth-order valence-corrected chi connectivity index (χ4v) is 3.84. The highest BCUT2D eigenvalue weighted by Gasteiger charge is 2.25. The van der Waals surface area contributed by atoms with E-state index in [2.05, 4.69) is 87.5 Å². The van der Waals surface area contributed by atoms with Crippen molar-refractivity contribution in [3.05, 3.63) is 89.5 Å². The number of benzene rings is 2. The lowest BCUT2D eigenvalue weighted by molar-refractivity contribution is 0.148. The highest BCUT2D eigenvalue weighted by Crippen LogP contribution is 2.24. The van der Waals surface area contributed by atoms with Crippen LogP contribution in [0.1, 0.15) is 35.5 Å². The molecular weight excluding hydrogens is 368 g/mol. The van der Waals surface area contributed by atoms with E-state index in [0.717, 1.165) is 45.0 Å². The molecule has 0 radical (unpaired) electrons. The highest BCUT2D eigenvalue weighted by molar-refractivity contribution is 5.85. The number of rotatable bonds is 6. The molecule has 4 nitrogen and oxygen atoms in total. The predicted octanol–water partition coefficient (Wildman–Crippen LogP) is 4.06. The second kappa shape index (κ2) is 9.87. The van der Waals surface area contributed by atoms with Crippen LogP contribution in [-0.2, 0) is 19.5 Å². The molecule has 0 bridgehead atoms. The minimum Gasteiger partial charge on any atom is -0.329 e. The predicted molar refractivity (Wildman–Crippen MR) is 117 cm³/mol. The van der Waals surface area contributed by atoms with Crippen molar-refractivity contribution in [2.24, 2.45) is 0 Å². The van der Waals surface area contributed by atoms with E-state index in [9.17, 15) is 0 Å². The van der Waals surface area contributed by atoms with Crippen LogP contribution in [0, 0.1) is 0 Å². The van der Waals surface area contributed by atoms with Gasteiger partial charge in [0.1, 0.15) is 5.82 Å². The van der Waals surface area contributed by atoms with E-state index in [4.69, 9.17) is 0 Å². The smallest absolute Gasteiger partial charge is 0.123 e. The molecular formula is C23H29ClN4. The van der Waals surface area contributed by atoms with Crippen LogP contribution in [0.5, 0.6) is 0 Å². The molecule has 148 valence electrons. The number of hydrogen-bond acceptors (Lipinski definition) is 3. The Morgan fingerprint density at radius 3 is 2.54 bits per heavy atom. The van der Waals surface area contributed by atoms with Gasteiger partial charge in [-0.05, 0) is 23.1 Å². The highest BCUT2D eigenvalue weighted by atomic mass is 35.5. The van der Waals surface area contributed by atoms with E-state index < -0.39 is 0 Å². The average Bonchev–Trinajstić information content (AvgIpc) is 3.16. The van der Waals surface area contributed by atoms with Crippen molar-refractivity contribution in [3.8, 4) is 0 Å². The summed E-state index contributed by atoms with van der Waals surface area (Å²) in [4.78, 5) is 7.22. The van der Waals surface area contributed by atoms with Crippen LogP contribution in [0.3, 0.4) is 0 Å². The van der Waals surface area contributed by atoms with Crippen molar-refractivity contribution in [2.75, 3.05) is 19.6 Å². The first kappa shape index (κ1) is 20.6. The summed E-state index contributed by atoms with van der Waals surface area (Å²) in [5.74, 6) is 1.14. The Bertz CT molecular complexity index is 845. The molecule has 28 heavy (non-hydrogen) atoms. The molecule has 1 unspecified atom stereocenters. The molecule has 0 amide bonds. The standard InChI is InChI=1S/C23H28N4.ClH/c1-2-19-8-10-21(11-9-19)22-16-24-12-14-26(22)18-23-25-13-15-27(23)17-20-6-4-3-5-7-20;/h3-11,13,15,22,24H,2,12,14,16-18H2,1H3;1H. The van der Waals surface area contributed by atoms with Crippen molar-refractivity contribution in [1.82, 2.24) is 19.8 Å². The third-order valence-electron chi connectivity index (χ3n) is 5.47. The van der Waals surface area contributed by atoms with Gasteiger partial charge in [-0.15, -0.1) is 12.4 Å². The molecule has 1 N–H and O–H groups in total. The van der Waals surface area contributed by atoms with Gasteiger partial charge >= 0.3 is 0 Å². The third-order valence-corrected chi connectivity index (χ3v) is 5.47. The van der Waals surface area contributed by atoms with Crippen molar-refractivity contribution >= 4 is 12.4 Å². The average molecular weight is 397 g/mol. The maximum absolute atomic E-state index is 4.66. The monoisotopic (exact) mass is 396 g/mol. The second-order valence-corrected chi connectivity index (χ2v) is 7.24. The van der Waals surface area contributed by atoms with E-state index in [1.807, 2.05) is 6.20 Å². The lowest BCUT2D eigenvalue weighted by Gasteiger charge is -2.36.